The molecular weight excluding hydrogens is 170 g/mol. The van der Waals surface area contributed by atoms with Crippen molar-refractivity contribution < 1.29 is 0 Å². The van der Waals surface area contributed by atoms with E-state index in [1.807, 2.05) is 0 Å². The van der Waals surface area contributed by atoms with Crippen molar-refractivity contribution in [3.05, 3.63) is 0 Å². The molecule has 1 nitrogen and oxygen atoms in total. The zero-order valence-electron chi connectivity index (χ0n) is 9.54. The van der Waals surface area contributed by atoms with E-state index in [2.05, 4.69) is 6.92 Å². The largest absolute Gasteiger partial charge is 0.328 e. The first-order valence-corrected chi connectivity index (χ1v) is 6.49. The molecule has 0 saturated heterocycles. The van der Waals surface area contributed by atoms with Gasteiger partial charge in [-0.1, -0.05) is 32.6 Å². The second kappa shape index (κ2) is 4.65. The van der Waals surface area contributed by atoms with Crippen LogP contribution in [0.5, 0.6) is 0 Å². The van der Waals surface area contributed by atoms with Gasteiger partial charge >= 0.3 is 0 Å². The van der Waals surface area contributed by atoms with Gasteiger partial charge in [-0.15, -0.1) is 0 Å². The predicted octanol–water partition coefficient (Wildman–Crippen LogP) is 3.33. The van der Waals surface area contributed by atoms with Crippen LogP contribution in [-0.2, 0) is 0 Å². The molecule has 2 rings (SSSR count). The molecule has 0 aliphatic heterocycles. The van der Waals surface area contributed by atoms with Crippen LogP contribution in [0, 0.1) is 17.8 Å². The molecule has 2 fully saturated rings. The Labute approximate surface area is 88.4 Å². The third kappa shape index (κ3) is 2.73. The highest BCUT2D eigenvalue weighted by molar-refractivity contribution is 4.81. The summed E-state index contributed by atoms with van der Waals surface area (Å²) in [7, 11) is 0. The van der Waals surface area contributed by atoms with Crippen molar-refractivity contribution in [3.63, 3.8) is 0 Å². The van der Waals surface area contributed by atoms with Crippen molar-refractivity contribution in [2.75, 3.05) is 0 Å². The fourth-order valence-corrected chi connectivity index (χ4v) is 3.36. The summed E-state index contributed by atoms with van der Waals surface area (Å²) in [5.74, 6) is 3.02. The molecule has 14 heavy (non-hydrogen) atoms. The molecule has 2 aliphatic carbocycles. The van der Waals surface area contributed by atoms with E-state index in [-0.39, 0.29) is 0 Å². The summed E-state index contributed by atoms with van der Waals surface area (Å²) in [6, 6.07) is 0.530. The predicted molar refractivity (Wildman–Crippen MR) is 61.1 cm³/mol. The van der Waals surface area contributed by atoms with Gasteiger partial charge < -0.3 is 5.73 Å². The van der Waals surface area contributed by atoms with E-state index < -0.39 is 0 Å². The van der Waals surface area contributed by atoms with Gasteiger partial charge in [0.15, 0.2) is 0 Å². The first-order chi connectivity index (χ1) is 6.74. The number of nitrogens with two attached hydrogens (primary N) is 1. The number of hydrogen-bond donors (Lipinski definition) is 1. The van der Waals surface area contributed by atoms with Gasteiger partial charge in [0, 0.05) is 6.04 Å². The lowest BCUT2D eigenvalue weighted by molar-refractivity contribution is 0.246. The van der Waals surface area contributed by atoms with Gasteiger partial charge in [-0.2, -0.15) is 0 Å². The van der Waals surface area contributed by atoms with Gasteiger partial charge in [0.05, 0.1) is 0 Å². The first kappa shape index (κ1) is 10.5. The maximum atomic E-state index is 5.95. The molecule has 2 N–H and O–H groups in total. The molecule has 0 aromatic heterocycles. The zero-order chi connectivity index (χ0) is 9.97. The fraction of sp³-hybridized carbons (Fsp3) is 1.00. The lowest BCUT2D eigenvalue weighted by Crippen LogP contribution is -2.17. The van der Waals surface area contributed by atoms with E-state index in [9.17, 15) is 0 Å². The minimum Gasteiger partial charge on any atom is -0.328 e. The van der Waals surface area contributed by atoms with Crippen molar-refractivity contribution >= 4 is 0 Å². The standard InChI is InChI=1S/C13H25N/c1-10-2-4-11(5-3-10)8-12-6-7-13(14)9-12/h10-13H,2-9,14H2,1H3. The monoisotopic (exact) mass is 195 g/mol. The van der Waals surface area contributed by atoms with Gasteiger partial charge in [0.1, 0.15) is 0 Å². The van der Waals surface area contributed by atoms with Gasteiger partial charge in [-0.25, -0.2) is 0 Å². The highest BCUT2D eigenvalue weighted by atomic mass is 14.6. The van der Waals surface area contributed by atoms with Gasteiger partial charge in [-0.05, 0) is 43.4 Å². The molecule has 0 aromatic carbocycles. The molecule has 1 heteroatoms. The Morgan fingerprint density at radius 3 is 2.14 bits per heavy atom. The molecule has 0 amide bonds. The number of rotatable bonds is 2. The van der Waals surface area contributed by atoms with Gasteiger partial charge in [0.2, 0.25) is 0 Å². The minimum absolute atomic E-state index is 0.530. The van der Waals surface area contributed by atoms with Crippen molar-refractivity contribution in [1.82, 2.24) is 0 Å². The summed E-state index contributed by atoms with van der Waals surface area (Å²) < 4.78 is 0. The van der Waals surface area contributed by atoms with E-state index in [1.54, 1.807) is 0 Å². The lowest BCUT2D eigenvalue weighted by atomic mass is 9.78. The quantitative estimate of drug-likeness (QED) is 0.718. The van der Waals surface area contributed by atoms with Crippen molar-refractivity contribution in [2.24, 2.45) is 23.5 Å². The summed E-state index contributed by atoms with van der Waals surface area (Å²) in [6.45, 7) is 2.40. The van der Waals surface area contributed by atoms with Crippen LogP contribution in [0.2, 0.25) is 0 Å². The van der Waals surface area contributed by atoms with E-state index in [0.717, 1.165) is 17.8 Å². The Morgan fingerprint density at radius 1 is 0.929 bits per heavy atom. The Kier molecular flexibility index (Phi) is 3.48. The zero-order valence-corrected chi connectivity index (χ0v) is 9.54. The average Bonchev–Trinajstić information content (AvgIpc) is 2.56. The van der Waals surface area contributed by atoms with E-state index in [0.29, 0.717) is 6.04 Å². The third-order valence-corrected chi connectivity index (χ3v) is 4.38. The minimum atomic E-state index is 0.530. The van der Waals surface area contributed by atoms with Crippen LogP contribution in [0.4, 0.5) is 0 Å². The Bertz CT molecular complexity index is 170. The summed E-state index contributed by atoms with van der Waals surface area (Å²) in [5.41, 5.74) is 5.95. The van der Waals surface area contributed by atoms with Crippen LogP contribution in [0.3, 0.4) is 0 Å². The molecule has 0 aromatic rings. The Hall–Kier alpha value is -0.0400. The maximum Gasteiger partial charge on any atom is 0.00415 e. The first-order valence-electron chi connectivity index (χ1n) is 6.49. The summed E-state index contributed by atoms with van der Waals surface area (Å²) in [6.07, 6.45) is 11.4. The van der Waals surface area contributed by atoms with Crippen molar-refractivity contribution in [1.29, 1.82) is 0 Å². The highest BCUT2D eigenvalue weighted by Gasteiger charge is 2.26. The van der Waals surface area contributed by atoms with Crippen LogP contribution >= 0.6 is 0 Å². The second-order valence-electron chi connectivity index (χ2n) is 5.80. The van der Waals surface area contributed by atoms with Crippen LogP contribution in [0.25, 0.3) is 0 Å². The molecule has 82 valence electrons. The molecule has 0 radical (unpaired) electrons. The molecule has 0 spiro atoms. The second-order valence-corrected chi connectivity index (χ2v) is 5.80. The van der Waals surface area contributed by atoms with E-state index >= 15 is 0 Å². The summed E-state index contributed by atoms with van der Waals surface area (Å²) >= 11 is 0. The SMILES string of the molecule is CC1CCC(CC2CCC(N)C2)CC1. The van der Waals surface area contributed by atoms with E-state index in [4.69, 9.17) is 5.73 Å². The van der Waals surface area contributed by atoms with Crippen LogP contribution < -0.4 is 5.73 Å². The molecule has 2 aliphatic rings. The maximum absolute atomic E-state index is 5.95. The molecule has 0 bridgehead atoms. The van der Waals surface area contributed by atoms with Crippen LogP contribution in [0.15, 0.2) is 0 Å². The summed E-state index contributed by atoms with van der Waals surface area (Å²) in [4.78, 5) is 0. The van der Waals surface area contributed by atoms with Gasteiger partial charge in [0.25, 0.3) is 0 Å². The third-order valence-electron chi connectivity index (χ3n) is 4.38. The average molecular weight is 195 g/mol. The molecule has 2 unspecified atom stereocenters. The topological polar surface area (TPSA) is 26.0 Å². The summed E-state index contributed by atoms with van der Waals surface area (Å²) in [5, 5.41) is 0. The Balaban J connectivity index is 1.70. The normalized spacial score (nSPS) is 44.1. The fourth-order valence-electron chi connectivity index (χ4n) is 3.36. The van der Waals surface area contributed by atoms with Crippen molar-refractivity contribution in [3.8, 4) is 0 Å². The highest BCUT2D eigenvalue weighted by Crippen LogP contribution is 2.37. The van der Waals surface area contributed by atoms with E-state index in [1.165, 1.54) is 51.4 Å². The lowest BCUT2D eigenvalue weighted by Gasteiger charge is -2.28. The molecule has 0 heterocycles. The van der Waals surface area contributed by atoms with Crippen LogP contribution in [-0.4, -0.2) is 6.04 Å². The van der Waals surface area contributed by atoms with Gasteiger partial charge in [-0.3, -0.25) is 0 Å². The smallest absolute Gasteiger partial charge is 0.00415 e. The molecule has 2 saturated carbocycles. The molecule has 2 atom stereocenters. The number of hydrogen-bond acceptors (Lipinski definition) is 1. The molecular formula is C13H25N. The van der Waals surface area contributed by atoms with Crippen LogP contribution in [0.1, 0.15) is 58.3 Å². The Morgan fingerprint density at radius 2 is 1.57 bits per heavy atom. The van der Waals surface area contributed by atoms with Crippen molar-refractivity contribution in [2.45, 2.75) is 64.3 Å².